The maximum Gasteiger partial charge on any atom is 0.321 e. The van der Waals surface area contributed by atoms with Crippen LogP contribution in [0.15, 0.2) is 54.6 Å². The lowest BCUT2D eigenvalue weighted by Gasteiger charge is -2.27. The quantitative estimate of drug-likeness (QED) is 0.845. The molecule has 2 aromatic carbocycles. The Balaban J connectivity index is 1.44. The molecule has 2 fully saturated rings. The summed E-state index contributed by atoms with van der Waals surface area (Å²) in [5.41, 5.74) is 2.09. The van der Waals surface area contributed by atoms with E-state index in [0.717, 1.165) is 37.5 Å². The Kier molecular flexibility index (Phi) is 5.53. The summed E-state index contributed by atoms with van der Waals surface area (Å²) in [5, 5.41) is 3.06. The molecular weight excluding hydrogens is 350 g/mol. The van der Waals surface area contributed by atoms with Crippen LogP contribution in [0.2, 0.25) is 0 Å². The number of rotatable bonds is 5. The highest BCUT2D eigenvalue weighted by molar-refractivity contribution is 5.91. The number of benzene rings is 2. The van der Waals surface area contributed by atoms with E-state index in [-0.39, 0.29) is 6.03 Å². The molecule has 5 heteroatoms. The Bertz CT molecular complexity index is 811. The van der Waals surface area contributed by atoms with E-state index in [1.807, 2.05) is 29.2 Å². The maximum atomic E-state index is 12.9. The Morgan fingerprint density at radius 1 is 1.07 bits per heavy atom. The van der Waals surface area contributed by atoms with Crippen molar-refractivity contribution in [2.45, 2.75) is 19.4 Å². The summed E-state index contributed by atoms with van der Waals surface area (Å²) in [4.78, 5) is 17.3. The van der Waals surface area contributed by atoms with Gasteiger partial charge in [-0.3, -0.25) is 4.90 Å². The fourth-order valence-electron chi connectivity index (χ4n) is 4.68. The number of hydrogen-bond acceptors (Lipinski definition) is 3. The van der Waals surface area contributed by atoms with Gasteiger partial charge in [0.1, 0.15) is 5.75 Å². The summed E-state index contributed by atoms with van der Waals surface area (Å²) < 4.78 is 5.77. The third-order valence-corrected chi connectivity index (χ3v) is 5.91. The SMILES string of the molecule is CCCOc1ccccc1NC(=O)N1CC2CN(C)C(c3ccccc3)C2C1. The number of ether oxygens (including phenoxy) is 1. The molecule has 2 heterocycles. The van der Waals surface area contributed by atoms with Gasteiger partial charge in [0, 0.05) is 31.6 Å². The second kappa shape index (κ2) is 8.23. The van der Waals surface area contributed by atoms with Gasteiger partial charge < -0.3 is 15.0 Å². The molecule has 0 bridgehead atoms. The summed E-state index contributed by atoms with van der Waals surface area (Å²) in [6.45, 7) is 5.35. The molecular formula is C23H29N3O2. The van der Waals surface area contributed by atoms with E-state index in [0.29, 0.717) is 24.5 Å². The lowest BCUT2D eigenvalue weighted by molar-refractivity contribution is 0.205. The predicted octanol–water partition coefficient (Wildman–Crippen LogP) is 4.24. The second-order valence-corrected chi connectivity index (χ2v) is 7.90. The highest BCUT2D eigenvalue weighted by atomic mass is 16.5. The maximum absolute atomic E-state index is 12.9. The van der Waals surface area contributed by atoms with Crippen LogP contribution >= 0.6 is 0 Å². The summed E-state index contributed by atoms with van der Waals surface area (Å²) in [6.07, 6.45) is 0.937. The zero-order valence-corrected chi connectivity index (χ0v) is 16.7. The summed E-state index contributed by atoms with van der Waals surface area (Å²) >= 11 is 0. The molecule has 0 aromatic heterocycles. The molecule has 2 amide bonds. The zero-order valence-electron chi connectivity index (χ0n) is 16.7. The normalized spacial score (nSPS) is 24.2. The average molecular weight is 380 g/mol. The van der Waals surface area contributed by atoms with Gasteiger partial charge in [-0.1, -0.05) is 49.4 Å². The van der Waals surface area contributed by atoms with Gasteiger partial charge in [-0.25, -0.2) is 4.79 Å². The molecule has 2 aliphatic heterocycles. The molecule has 28 heavy (non-hydrogen) atoms. The Hall–Kier alpha value is -2.53. The first-order valence-corrected chi connectivity index (χ1v) is 10.2. The number of fused-ring (bicyclic) bond motifs is 1. The largest absolute Gasteiger partial charge is 0.491 e. The van der Waals surface area contributed by atoms with Crippen LogP contribution in [0.25, 0.3) is 0 Å². The molecule has 3 unspecified atom stereocenters. The van der Waals surface area contributed by atoms with E-state index in [9.17, 15) is 4.79 Å². The first kappa shape index (κ1) is 18.8. The van der Waals surface area contributed by atoms with E-state index in [2.05, 4.69) is 54.5 Å². The van der Waals surface area contributed by atoms with Crippen LogP contribution in [0.4, 0.5) is 10.5 Å². The van der Waals surface area contributed by atoms with Crippen LogP contribution in [-0.4, -0.2) is 49.1 Å². The van der Waals surface area contributed by atoms with Crippen LogP contribution in [0.3, 0.4) is 0 Å². The standard InChI is InChI=1S/C23H29N3O2/c1-3-13-28-21-12-8-7-11-20(21)24-23(27)26-15-18-14-25(2)22(19(18)16-26)17-9-5-4-6-10-17/h4-12,18-19,22H,3,13-16H2,1-2H3,(H,24,27). The van der Waals surface area contributed by atoms with Crippen LogP contribution in [0.1, 0.15) is 24.9 Å². The number of amides is 2. The topological polar surface area (TPSA) is 44.8 Å². The third-order valence-electron chi connectivity index (χ3n) is 5.91. The van der Waals surface area contributed by atoms with Gasteiger partial charge in [0.05, 0.1) is 12.3 Å². The molecule has 0 aliphatic carbocycles. The number of carbonyl (C=O) groups is 1. The Morgan fingerprint density at radius 2 is 1.82 bits per heavy atom. The third kappa shape index (κ3) is 3.72. The van der Waals surface area contributed by atoms with Crippen molar-refractivity contribution in [3.63, 3.8) is 0 Å². The van der Waals surface area contributed by atoms with Crippen molar-refractivity contribution < 1.29 is 9.53 Å². The van der Waals surface area contributed by atoms with E-state index >= 15 is 0 Å². The zero-order chi connectivity index (χ0) is 19.5. The number of nitrogens with zero attached hydrogens (tertiary/aromatic N) is 2. The average Bonchev–Trinajstić information content (AvgIpc) is 3.24. The van der Waals surface area contributed by atoms with Crippen molar-refractivity contribution in [3.8, 4) is 5.75 Å². The minimum atomic E-state index is -0.0311. The molecule has 1 N–H and O–H groups in total. The van der Waals surface area contributed by atoms with Crippen molar-refractivity contribution in [2.75, 3.05) is 38.6 Å². The van der Waals surface area contributed by atoms with Crippen LogP contribution in [0, 0.1) is 11.8 Å². The predicted molar refractivity (Wildman–Crippen MR) is 112 cm³/mol. The molecule has 2 aliphatic rings. The second-order valence-electron chi connectivity index (χ2n) is 7.90. The first-order valence-electron chi connectivity index (χ1n) is 10.2. The summed E-state index contributed by atoms with van der Waals surface area (Å²) in [7, 11) is 2.20. The number of anilines is 1. The molecule has 2 saturated heterocycles. The Labute approximate surface area is 167 Å². The van der Waals surface area contributed by atoms with Gasteiger partial charge in [-0.2, -0.15) is 0 Å². The van der Waals surface area contributed by atoms with Gasteiger partial charge >= 0.3 is 6.03 Å². The van der Waals surface area contributed by atoms with Crippen molar-refractivity contribution in [1.29, 1.82) is 0 Å². The minimum Gasteiger partial charge on any atom is -0.491 e. The van der Waals surface area contributed by atoms with Gasteiger partial charge in [0.2, 0.25) is 0 Å². The van der Waals surface area contributed by atoms with E-state index in [1.165, 1.54) is 5.56 Å². The molecule has 148 valence electrons. The van der Waals surface area contributed by atoms with Crippen molar-refractivity contribution in [3.05, 3.63) is 60.2 Å². The van der Waals surface area contributed by atoms with Crippen LogP contribution in [0.5, 0.6) is 5.75 Å². The van der Waals surface area contributed by atoms with Crippen LogP contribution < -0.4 is 10.1 Å². The number of nitrogens with one attached hydrogen (secondary N) is 1. The fourth-order valence-corrected chi connectivity index (χ4v) is 4.68. The fraction of sp³-hybridized carbons (Fsp3) is 0.435. The minimum absolute atomic E-state index is 0.0311. The Morgan fingerprint density at radius 3 is 2.61 bits per heavy atom. The van der Waals surface area contributed by atoms with Crippen LogP contribution in [-0.2, 0) is 0 Å². The lowest BCUT2D eigenvalue weighted by atomic mass is 9.90. The number of hydrogen-bond donors (Lipinski definition) is 1. The molecule has 2 aromatic rings. The van der Waals surface area contributed by atoms with E-state index in [4.69, 9.17) is 4.74 Å². The smallest absolute Gasteiger partial charge is 0.321 e. The number of likely N-dealkylation sites (tertiary alicyclic amines) is 2. The number of para-hydroxylation sites is 2. The lowest BCUT2D eigenvalue weighted by Crippen LogP contribution is -2.36. The molecule has 5 nitrogen and oxygen atoms in total. The van der Waals surface area contributed by atoms with Gasteiger partial charge in [-0.05, 0) is 37.1 Å². The van der Waals surface area contributed by atoms with Gasteiger partial charge in [0.25, 0.3) is 0 Å². The first-order chi connectivity index (χ1) is 13.7. The molecule has 0 spiro atoms. The molecule has 3 atom stereocenters. The van der Waals surface area contributed by atoms with Crippen molar-refractivity contribution >= 4 is 11.7 Å². The summed E-state index contributed by atoms with van der Waals surface area (Å²) in [5.74, 6) is 1.73. The highest BCUT2D eigenvalue weighted by Gasteiger charge is 2.47. The van der Waals surface area contributed by atoms with Crippen molar-refractivity contribution in [1.82, 2.24) is 9.80 Å². The molecule has 4 rings (SSSR count). The van der Waals surface area contributed by atoms with E-state index < -0.39 is 0 Å². The molecule has 0 radical (unpaired) electrons. The monoisotopic (exact) mass is 379 g/mol. The van der Waals surface area contributed by atoms with Gasteiger partial charge in [0.15, 0.2) is 0 Å². The summed E-state index contributed by atoms with van der Waals surface area (Å²) in [6, 6.07) is 18.7. The number of urea groups is 1. The number of carbonyl (C=O) groups excluding carboxylic acids is 1. The highest BCUT2D eigenvalue weighted by Crippen LogP contribution is 2.44. The van der Waals surface area contributed by atoms with Crippen molar-refractivity contribution in [2.24, 2.45) is 11.8 Å². The van der Waals surface area contributed by atoms with Gasteiger partial charge in [-0.15, -0.1) is 0 Å². The van der Waals surface area contributed by atoms with E-state index in [1.54, 1.807) is 0 Å². The molecule has 0 saturated carbocycles.